The topological polar surface area (TPSA) is 107 Å². The predicted octanol–water partition coefficient (Wildman–Crippen LogP) is 0.896. The highest BCUT2D eigenvalue weighted by molar-refractivity contribution is 7.89. The van der Waals surface area contributed by atoms with Crippen LogP contribution in [0.4, 0.5) is 11.4 Å². The molecule has 0 saturated heterocycles. The average molecular weight is 285 g/mol. The summed E-state index contributed by atoms with van der Waals surface area (Å²) >= 11 is 0. The monoisotopic (exact) mass is 285 g/mol. The Labute approximate surface area is 113 Å². The lowest BCUT2D eigenvalue weighted by atomic mass is 10.2. The molecule has 2 rings (SSSR count). The molecule has 1 aromatic carbocycles. The lowest BCUT2D eigenvalue weighted by Crippen LogP contribution is -2.29. The van der Waals surface area contributed by atoms with Gasteiger partial charge >= 0.3 is 0 Å². The number of rotatable bonds is 4. The Morgan fingerprint density at radius 1 is 1.32 bits per heavy atom. The number of hydrogen-bond donors (Lipinski definition) is 3. The Morgan fingerprint density at radius 2 is 2.05 bits per heavy atom. The molecule has 1 saturated carbocycles. The molecule has 0 aliphatic heterocycles. The second-order valence-corrected chi connectivity index (χ2v) is 6.35. The van der Waals surface area contributed by atoms with Crippen LogP contribution in [-0.4, -0.2) is 27.7 Å². The number of ether oxygens (including phenoxy) is 1. The van der Waals surface area contributed by atoms with Crippen molar-refractivity contribution in [2.45, 2.75) is 36.3 Å². The van der Waals surface area contributed by atoms with Gasteiger partial charge in [0, 0.05) is 18.5 Å². The number of methoxy groups -OCH3 is 1. The summed E-state index contributed by atoms with van der Waals surface area (Å²) in [4.78, 5) is 0.0157. The summed E-state index contributed by atoms with van der Waals surface area (Å²) in [7, 11) is -2.07. The maximum absolute atomic E-state index is 11.4. The SMILES string of the molecule is COC1CCCC1Nc1cc(N)cc(S(N)(=O)=O)c1. The van der Waals surface area contributed by atoms with Crippen molar-refractivity contribution in [1.82, 2.24) is 0 Å². The largest absolute Gasteiger partial charge is 0.399 e. The minimum Gasteiger partial charge on any atom is -0.399 e. The van der Waals surface area contributed by atoms with Gasteiger partial charge in [-0.15, -0.1) is 0 Å². The average Bonchev–Trinajstić information content (AvgIpc) is 2.74. The van der Waals surface area contributed by atoms with Crippen molar-refractivity contribution in [1.29, 1.82) is 0 Å². The van der Waals surface area contributed by atoms with Gasteiger partial charge < -0.3 is 15.8 Å². The zero-order valence-corrected chi connectivity index (χ0v) is 11.6. The van der Waals surface area contributed by atoms with Gasteiger partial charge in [0.05, 0.1) is 17.0 Å². The third-order valence-electron chi connectivity index (χ3n) is 3.36. The number of nitrogen functional groups attached to an aromatic ring is 1. The summed E-state index contributed by atoms with van der Waals surface area (Å²) in [5.41, 5.74) is 6.72. The van der Waals surface area contributed by atoms with Crippen LogP contribution in [-0.2, 0) is 14.8 Å². The molecule has 0 spiro atoms. The van der Waals surface area contributed by atoms with Crippen LogP contribution in [0.3, 0.4) is 0 Å². The van der Waals surface area contributed by atoms with Crippen LogP contribution in [0.15, 0.2) is 23.1 Å². The smallest absolute Gasteiger partial charge is 0.238 e. The van der Waals surface area contributed by atoms with Crippen LogP contribution < -0.4 is 16.2 Å². The van der Waals surface area contributed by atoms with Crippen LogP contribution in [0.5, 0.6) is 0 Å². The minimum atomic E-state index is -3.75. The number of hydrogen-bond acceptors (Lipinski definition) is 5. The predicted molar refractivity (Wildman–Crippen MR) is 74.3 cm³/mol. The molecule has 1 aliphatic rings. The molecule has 1 aliphatic carbocycles. The summed E-state index contributed by atoms with van der Waals surface area (Å²) < 4.78 is 28.1. The van der Waals surface area contributed by atoms with E-state index in [1.165, 1.54) is 12.1 Å². The molecule has 0 aromatic heterocycles. The van der Waals surface area contributed by atoms with Gasteiger partial charge in [0.1, 0.15) is 0 Å². The van der Waals surface area contributed by atoms with E-state index >= 15 is 0 Å². The molecule has 2 atom stereocenters. The van der Waals surface area contributed by atoms with Crippen molar-refractivity contribution in [3.63, 3.8) is 0 Å². The maximum Gasteiger partial charge on any atom is 0.238 e. The molecule has 0 amide bonds. The molecule has 2 unspecified atom stereocenters. The highest BCUT2D eigenvalue weighted by Gasteiger charge is 2.27. The highest BCUT2D eigenvalue weighted by atomic mass is 32.2. The van der Waals surface area contributed by atoms with Crippen molar-refractivity contribution in [2.75, 3.05) is 18.2 Å². The number of benzene rings is 1. The lowest BCUT2D eigenvalue weighted by molar-refractivity contribution is 0.101. The fourth-order valence-corrected chi connectivity index (χ4v) is 3.05. The third kappa shape index (κ3) is 3.37. The Morgan fingerprint density at radius 3 is 2.68 bits per heavy atom. The normalized spacial score (nSPS) is 23.5. The molecule has 0 heterocycles. The van der Waals surface area contributed by atoms with Crippen LogP contribution in [0.1, 0.15) is 19.3 Å². The van der Waals surface area contributed by atoms with Crippen LogP contribution in [0.2, 0.25) is 0 Å². The summed E-state index contributed by atoms with van der Waals surface area (Å²) in [6, 6.07) is 4.71. The molecular weight excluding hydrogens is 266 g/mol. The van der Waals surface area contributed by atoms with Gasteiger partial charge in [-0.25, -0.2) is 13.6 Å². The van der Waals surface area contributed by atoms with Crippen molar-refractivity contribution in [3.05, 3.63) is 18.2 Å². The first-order valence-corrected chi connectivity index (χ1v) is 7.67. The fourth-order valence-electron chi connectivity index (χ4n) is 2.46. The first-order chi connectivity index (χ1) is 8.90. The van der Waals surface area contributed by atoms with Gasteiger partial charge in [0.25, 0.3) is 0 Å². The zero-order chi connectivity index (χ0) is 14.0. The fraction of sp³-hybridized carbons (Fsp3) is 0.500. The Balaban J connectivity index is 2.23. The van der Waals surface area contributed by atoms with Crippen LogP contribution in [0.25, 0.3) is 0 Å². The molecule has 106 valence electrons. The van der Waals surface area contributed by atoms with E-state index in [4.69, 9.17) is 15.6 Å². The van der Waals surface area contributed by atoms with E-state index in [1.54, 1.807) is 13.2 Å². The summed E-state index contributed by atoms with van der Waals surface area (Å²) in [6.07, 6.45) is 3.20. The summed E-state index contributed by atoms with van der Waals surface area (Å²) in [5, 5.41) is 8.39. The van der Waals surface area contributed by atoms with Crippen LogP contribution in [0, 0.1) is 0 Å². The van der Waals surface area contributed by atoms with Crippen molar-refractivity contribution in [2.24, 2.45) is 5.14 Å². The number of nitrogens with one attached hydrogen (secondary N) is 1. The van der Waals surface area contributed by atoms with Gasteiger partial charge in [-0.1, -0.05) is 0 Å². The molecular formula is C12H19N3O3S. The summed E-state index contributed by atoms with van der Waals surface area (Å²) in [5.74, 6) is 0. The molecule has 1 fully saturated rings. The Hall–Kier alpha value is -1.31. The van der Waals surface area contributed by atoms with Crippen molar-refractivity contribution >= 4 is 21.4 Å². The molecule has 0 radical (unpaired) electrons. The van der Waals surface area contributed by atoms with E-state index in [1.807, 2.05) is 0 Å². The Kier molecular flexibility index (Phi) is 3.98. The van der Waals surface area contributed by atoms with Crippen LogP contribution >= 0.6 is 0 Å². The molecule has 6 nitrogen and oxygen atoms in total. The van der Waals surface area contributed by atoms with E-state index < -0.39 is 10.0 Å². The standard InChI is InChI=1S/C12H19N3O3S/c1-18-12-4-2-3-11(12)15-9-5-8(13)6-10(7-9)19(14,16)17/h5-7,11-12,15H,2-4,13H2,1H3,(H2,14,16,17). The van der Waals surface area contributed by atoms with E-state index in [0.717, 1.165) is 19.3 Å². The van der Waals surface area contributed by atoms with Crippen molar-refractivity contribution in [3.8, 4) is 0 Å². The summed E-state index contributed by atoms with van der Waals surface area (Å²) in [6.45, 7) is 0. The molecule has 7 heteroatoms. The van der Waals surface area contributed by atoms with Crippen molar-refractivity contribution < 1.29 is 13.2 Å². The van der Waals surface area contributed by atoms with E-state index in [9.17, 15) is 8.42 Å². The maximum atomic E-state index is 11.4. The molecule has 5 N–H and O–H groups in total. The first-order valence-electron chi connectivity index (χ1n) is 6.13. The number of anilines is 2. The quantitative estimate of drug-likeness (QED) is 0.712. The second-order valence-electron chi connectivity index (χ2n) is 4.79. The number of primary sulfonamides is 1. The van der Waals surface area contributed by atoms with Gasteiger partial charge in [-0.3, -0.25) is 0 Å². The van der Waals surface area contributed by atoms with Gasteiger partial charge in [0.15, 0.2) is 0 Å². The van der Waals surface area contributed by atoms with Gasteiger partial charge in [0.2, 0.25) is 10.0 Å². The third-order valence-corrected chi connectivity index (χ3v) is 4.26. The van der Waals surface area contributed by atoms with Gasteiger partial charge in [-0.05, 0) is 37.5 Å². The molecule has 19 heavy (non-hydrogen) atoms. The number of nitrogens with two attached hydrogens (primary N) is 2. The second kappa shape index (κ2) is 5.36. The van der Waals surface area contributed by atoms with Gasteiger partial charge in [-0.2, -0.15) is 0 Å². The van der Waals surface area contributed by atoms with E-state index in [0.29, 0.717) is 11.4 Å². The highest BCUT2D eigenvalue weighted by Crippen LogP contribution is 2.27. The Bertz CT molecular complexity index is 559. The first kappa shape index (κ1) is 14.1. The minimum absolute atomic E-state index is 0.0157. The van der Waals surface area contributed by atoms with E-state index in [-0.39, 0.29) is 17.0 Å². The molecule has 0 bridgehead atoms. The lowest BCUT2D eigenvalue weighted by Gasteiger charge is -2.21. The van der Waals surface area contributed by atoms with E-state index in [2.05, 4.69) is 5.32 Å². The zero-order valence-electron chi connectivity index (χ0n) is 10.8. The molecule has 1 aromatic rings. The number of sulfonamides is 1.